The van der Waals surface area contributed by atoms with Gasteiger partial charge in [-0.3, -0.25) is 10.1 Å². The molecule has 0 aromatic heterocycles. The molecule has 0 aliphatic carbocycles. The molecule has 0 unspecified atom stereocenters. The largest absolute Gasteiger partial charge is 0.490 e. The van der Waals surface area contributed by atoms with E-state index in [2.05, 4.69) is 0 Å². The highest BCUT2D eigenvalue weighted by Crippen LogP contribution is 2.23. The molecule has 20 heavy (non-hydrogen) atoms. The maximum atomic E-state index is 12.7. The van der Waals surface area contributed by atoms with E-state index in [9.17, 15) is 22.4 Å². The Morgan fingerprint density at radius 3 is 2.25 bits per heavy atom. The highest BCUT2D eigenvalue weighted by atomic mass is 32.3. The first kappa shape index (κ1) is 14.7. The zero-order valence-electron chi connectivity index (χ0n) is 10.4. The second-order valence-electron chi connectivity index (χ2n) is 4.41. The van der Waals surface area contributed by atoms with Crippen LogP contribution in [0.4, 0.5) is 9.57 Å². The maximum Gasteiger partial charge on any atom is 0.374 e. The molecule has 110 valence electrons. The second kappa shape index (κ2) is 5.71. The Kier molecular flexibility index (Phi) is 4.19. The lowest BCUT2D eigenvalue weighted by molar-refractivity contribution is -0.384. The van der Waals surface area contributed by atoms with Crippen LogP contribution in [0.3, 0.4) is 0 Å². The van der Waals surface area contributed by atoms with Gasteiger partial charge in [0.25, 0.3) is 5.69 Å². The summed E-state index contributed by atoms with van der Waals surface area (Å²) < 4.78 is 40.5. The SMILES string of the molecule is O=[N+]([O-])c1ccc(OC2CCN(S(=O)(=O)F)CC2)cc1. The van der Waals surface area contributed by atoms with Gasteiger partial charge in [-0.1, -0.05) is 3.89 Å². The van der Waals surface area contributed by atoms with Crippen molar-refractivity contribution in [2.45, 2.75) is 18.9 Å². The van der Waals surface area contributed by atoms with E-state index in [-0.39, 0.29) is 24.9 Å². The van der Waals surface area contributed by atoms with E-state index in [1.165, 1.54) is 24.3 Å². The topological polar surface area (TPSA) is 89.8 Å². The van der Waals surface area contributed by atoms with Gasteiger partial charge in [0.1, 0.15) is 11.9 Å². The second-order valence-corrected chi connectivity index (χ2v) is 5.75. The Morgan fingerprint density at radius 1 is 1.25 bits per heavy atom. The summed E-state index contributed by atoms with van der Waals surface area (Å²) in [6, 6.07) is 5.62. The zero-order valence-corrected chi connectivity index (χ0v) is 11.3. The molecular formula is C11H13FN2O5S. The molecule has 0 atom stereocenters. The van der Waals surface area contributed by atoms with Crippen molar-refractivity contribution in [3.05, 3.63) is 34.4 Å². The van der Waals surface area contributed by atoms with E-state index < -0.39 is 15.3 Å². The standard InChI is InChI=1S/C11H13FN2O5S/c12-20(17,18)13-7-5-11(6-8-13)19-10-3-1-9(2-4-10)14(15)16/h1-4,11H,5-8H2. The number of non-ortho nitro benzene ring substituents is 1. The average Bonchev–Trinajstić information content (AvgIpc) is 2.39. The van der Waals surface area contributed by atoms with Crippen molar-refractivity contribution in [2.24, 2.45) is 0 Å². The number of hydrogen-bond donors (Lipinski definition) is 0. The number of nitrogens with zero attached hydrogens (tertiary/aromatic N) is 2. The number of ether oxygens (including phenoxy) is 1. The van der Waals surface area contributed by atoms with Gasteiger partial charge in [0.15, 0.2) is 0 Å². The molecule has 0 radical (unpaired) electrons. The summed E-state index contributed by atoms with van der Waals surface area (Å²) in [5, 5.41) is 10.5. The molecule has 0 spiro atoms. The van der Waals surface area contributed by atoms with Crippen molar-refractivity contribution < 1.29 is 22.0 Å². The summed E-state index contributed by atoms with van der Waals surface area (Å²) in [7, 11) is -4.63. The minimum absolute atomic E-state index is 0.0318. The average molecular weight is 304 g/mol. The van der Waals surface area contributed by atoms with Gasteiger partial charge < -0.3 is 4.74 Å². The van der Waals surface area contributed by atoms with Gasteiger partial charge in [-0.25, -0.2) is 0 Å². The number of rotatable bonds is 4. The van der Waals surface area contributed by atoms with Gasteiger partial charge >= 0.3 is 10.4 Å². The molecular weight excluding hydrogens is 291 g/mol. The van der Waals surface area contributed by atoms with Gasteiger partial charge in [0.05, 0.1) is 4.92 Å². The van der Waals surface area contributed by atoms with Gasteiger partial charge in [-0.2, -0.15) is 12.7 Å². The first-order chi connectivity index (χ1) is 9.36. The third-order valence-corrected chi connectivity index (χ3v) is 4.04. The number of piperidine rings is 1. The van der Waals surface area contributed by atoms with Crippen molar-refractivity contribution in [1.82, 2.24) is 4.31 Å². The molecule has 1 aliphatic rings. The zero-order chi connectivity index (χ0) is 14.8. The fourth-order valence-electron chi connectivity index (χ4n) is 2.01. The monoisotopic (exact) mass is 304 g/mol. The van der Waals surface area contributed by atoms with Crippen LogP contribution < -0.4 is 4.74 Å². The number of nitro benzene ring substituents is 1. The molecule has 0 amide bonds. The van der Waals surface area contributed by atoms with Crippen LogP contribution in [-0.2, 0) is 10.4 Å². The summed E-state index contributed by atoms with van der Waals surface area (Å²) in [4.78, 5) is 9.99. The fourth-order valence-corrected chi connectivity index (χ4v) is 2.65. The first-order valence-corrected chi connectivity index (χ1v) is 7.31. The molecule has 1 aromatic rings. The molecule has 2 rings (SSSR count). The van der Waals surface area contributed by atoms with Crippen LogP contribution in [0.5, 0.6) is 5.75 Å². The summed E-state index contributed by atoms with van der Waals surface area (Å²) >= 11 is 0. The first-order valence-electron chi connectivity index (χ1n) is 5.97. The van der Waals surface area contributed by atoms with Crippen LogP contribution >= 0.6 is 0 Å². The summed E-state index contributed by atoms with van der Waals surface area (Å²) in [6.07, 6.45) is 0.523. The number of halogens is 1. The van der Waals surface area contributed by atoms with Crippen molar-refractivity contribution >= 4 is 16.1 Å². The Morgan fingerprint density at radius 2 is 1.80 bits per heavy atom. The lowest BCUT2D eigenvalue weighted by Gasteiger charge is -2.28. The van der Waals surface area contributed by atoms with E-state index in [1.807, 2.05) is 0 Å². The molecule has 1 heterocycles. The van der Waals surface area contributed by atoms with Gasteiger partial charge in [0, 0.05) is 25.2 Å². The number of hydrogen-bond acceptors (Lipinski definition) is 5. The molecule has 1 saturated heterocycles. The third kappa shape index (κ3) is 3.64. The van der Waals surface area contributed by atoms with Crippen molar-refractivity contribution in [2.75, 3.05) is 13.1 Å². The van der Waals surface area contributed by atoms with Crippen molar-refractivity contribution in [3.63, 3.8) is 0 Å². The summed E-state index contributed by atoms with van der Waals surface area (Å²) in [6.45, 7) is 0.132. The highest BCUT2D eigenvalue weighted by Gasteiger charge is 2.28. The smallest absolute Gasteiger partial charge is 0.374 e. The van der Waals surface area contributed by atoms with Crippen LogP contribution in [-0.4, -0.2) is 36.8 Å². The van der Waals surface area contributed by atoms with Crippen molar-refractivity contribution in [1.29, 1.82) is 0 Å². The Balaban J connectivity index is 1.91. The van der Waals surface area contributed by atoms with Crippen LogP contribution in [0.2, 0.25) is 0 Å². The van der Waals surface area contributed by atoms with Crippen LogP contribution in [0.25, 0.3) is 0 Å². The Hall–Kier alpha value is -1.74. The Labute approximate surface area is 115 Å². The minimum Gasteiger partial charge on any atom is -0.490 e. The van der Waals surface area contributed by atoms with Crippen LogP contribution in [0, 0.1) is 10.1 Å². The van der Waals surface area contributed by atoms with Crippen LogP contribution in [0.15, 0.2) is 24.3 Å². The van der Waals surface area contributed by atoms with E-state index in [1.54, 1.807) is 0 Å². The highest BCUT2D eigenvalue weighted by molar-refractivity contribution is 7.83. The summed E-state index contributed by atoms with van der Waals surface area (Å²) in [5.74, 6) is 0.470. The molecule has 0 bridgehead atoms. The normalized spacial score (nSPS) is 17.9. The molecule has 9 heteroatoms. The summed E-state index contributed by atoms with van der Waals surface area (Å²) in [5.41, 5.74) is -0.0318. The maximum absolute atomic E-state index is 12.7. The fraction of sp³-hybridized carbons (Fsp3) is 0.455. The van der Waals surface area contributed by atoms with E-state index in [0.717, 1.165) is 4.31 Å². The van der Waals surface area contributed by atoms with Gasteiger partial charge in [-0.05, 0) is 25.0 Å². The van der Waals surface area contributed by atoms with Crippen LogP contribution in [0.1, 0.15) is 12.8 Å². The minimum atomic E-state index is -4.63. The number of nitro groups is 1. The Bertz CT molecular complexity index is 581. The van der Waals surface area contributed by atoms with E-state index in [0.29, 0.717) is 18.6 Å². The quantitative estimate of drug-likeness (QED) is 0.479. The predicted molar refractivity (Wildman–Crippen MR) is 68.3 cm³/mol. The predicted octanol–water partition coefficient (Wildman–Crippen LogP) is 1.65. The molecule has 1 fully saturated rings. The van der Waals surface area contributed by atoms with E-state index in [4.69, 9.17) is 4.74 Å². The van der Waals surface area contributed by atoms with Gasteiger partial charge in [-0.15, -0.1) is 0 Å². The molecule has 0 N–H and O–H groups in total. The van der Waals surface area contributed by atoms with Crippen molar-refractivity contribution in [3.8, 4) is 5.75 Å². The van der Waals surface area contributed by atoms with Gasteiger partial charge in [0.2, 0.25) is 0 Å². The van der Waals surface area contributed by atoms with E-state index >= 15 is 0 Å². The lowest BCUT2D eigenvalue weighted by atomic mass is 10.1. The molecule has 7 nitrogen and oxygen atoms in total. The third-order valence-electron chi connectivity index (χ3n) is 3.06. The lowest BCUT2D eigenvalue weighted by Crippen LogP contribution is -2.40. The molecule has 1 aromatic carbocycles. The molecule has 1 aliphatic heterocycles. The molecule has 0 saturated carbocycles. The number of benzene rings is 1.